The maximum absolute atomic E-state index is 12.5. The molecule has 2 fully saturated rings. The number of aromatic nitrogens is 1. The summed E-state index contributed by atoms with van der Waals surface area (Å²) in [5.74, 6) is 0.645. The molecular weight excluding hydrogens is 382 g/mol. The van der Waals surface area contributed by atoms with E-state index >= 15 is 0 Å². The van der Waals surface area contributed by atoms with Crippen LogP contribution in [0.4, 0.5) is 5.69 Å². The van der Waals surface area contributed by atoms with Gasteiger partial charge in [0.15, 0.2) is 0 Å². The number of amides is 1. The lowest BCUT2D eigenvalue weighted by molar-refractivity contribution is -0.142. The van der Waals surface area contributed by atoms with Crippen LogP contribution in [0.15, 0.2) is 29.6 Å². The van der Waals surface area contributed by atoms with Gasteiger partial charge < -0.3 is 14.5 Å². The molecule has 4 rings (SSSR count). The van der Waals surface area contributed by atoms with E-state index < -0.39 is 0 Å². The second-order valence-electron chi connectivity index (χ2n) is 7.89. The summed E-state index contributed by atoms with van der Waals surface area (Å²) in [6, 6.07) is 8.73. The first-order valence-electron chi connectivity index (χ1n) is 10.9. The summed E-state index contributed by atoms with van der Waals surface area (Å²) in [5, 5.41) is 3.38. The maximum atomic E-state index is 12.5. The van der Waals surface area contributed by atoms with Crippen LogP contribution in [0.3, 0.4) is 0 Å². The van der Waals surface area contributed by atoms with E-state index in [1.807, 2.05) is 4.90 Å². The van der Waals surface area contributed by atoms with Crippen LogP contribution in [0.5, 0.6) is 0 Å². The Bertz CT molecular complexity index is 802. The van der Waals surface area contributed by atoms with Gasteiger partial charge in [-0.1, -0.05) is 12.1 Å². The smallest absolute Gasteiger partial charge is 0.251 e. The molecule has 1 amide bonds. The minimum absolute atomic E-state index is 0.189. The van der Waals surface area contributed by atoms with E-state index in [0.29, 0.717) is 5.92 Å². The SMILES string of the molecule is CCN(CC)c1ccc(-c2csc(C3CCN(C(=O)C4CCCO4)CC3)n2)cc1. The molecule has 156 valence electrons. The van der Waals surface area contributed by atoms with Crippen molar-refractivity contribution in [3.63, 3.8) is 0 Å². The molecule has 2 saturated heterocycles. The van der Waals surface area contributed by atoms with Gasteiger partial charge in [0.05, 0.1) is 10.7 Å². The van der Waals surface area contributed by atoms with Gasteiger partial charge in [-0.25, -0.2) is 4.98 Å². The molecule has 29 heavy (non-hydrogen) atoms. The predicted molar refractivity (Wildman–Crippen MR) is 119 cm³/mol. The van der Waals surface area contributed by atoms with Gasteiger partial charge in [0.1, 0.15) is 6.10 Å². The minimum atomic E-state index is -0.197. The van der Waals surface area contributed by atoms with Crippen LogP contribution >= 0.6 is 11.3 Å². The number of carbonyl (C=O) groups is 1. The Morgan fingerprint density at radius 1 is 1.17 bits per heavy atom. The molecule has 5 nitrogen and oxygen atoms in total. The molecule has 0 radical (unpaired) electrons. The highest BCUT2D eigenvalue weighted by Crippen LogP contribution is 2.34. The lowest BCUT2D eigenvalue weighted by Gasteiger charge is -2.32. The van der Waals surface area contributed by atoms with Gasteiger partial charge in [-0.2, -0.15) is 0 Å². The molecule has 2 aliphatic rings. The largest absolute Gasteiger partial charge is 0.372 e. The van der Waals surface area contributed by atoms with Crippen LogP contribution in [0.1, 0.15) is 50.5 Å². The number of hydrogen-bond donors (Lipinski definition) is 0. The number of thiazole rings is 1. The van der Waals surface area contributed by atoms with Crippen LogP contribution in [0.2, 0.25) is 0 Å². The normalized spacial score (nSPS) is 20.2. The zero-order valence-electron chi connectivity index (χ0n) is 17.5. The lowest BCUT2D eigenvalue weighted by atomic mass is 9.97. The number of piperidine rings is 1. The molecule has 1 aromatic heterocycles. The number of nitrogens with zero attached hydrogens (tertiary/aromatic N) is 3. The standard InChI is InChI=1S/C23H31N3O2S/c1-3-25(4-2)19-9-7-17(8-10-19)20-16-29-22(24-20)18-11-13-26(14-12-18)23(27)21-6-5-15-28-21/h7-10,16,18,21H,3-6,11-15H2,1-2H3. The second-order valence-corrected chi connectivity index (χ2v) is 8.78. The highest BCUT2D eigenvalue weighted by atomic mass is 32.1. The topological polar surface area (TPSA) is 45.7 Å². The van der Waals surface area contributed by atoms with E-state index in [2.05, 4.69) is 48.4 Å². The third-order valence-corrected chi connectivity index (χ3v) is 7.18. The zero-order valence-corrected chi connectivity index (χ0v) is 18.3. The molecule has 0 saturated carbocycles. The van der Waals surface area contributed by atoms with Crippen LogP contribution < -0.4 is 4.90 Å². The molecule has 0 N–H and O–H groups in total. The number of ether oxygens (including phenoxy) is 1. The van der Waals surface area contributed by atoms with Gasteiger partial charge in [-0.15, -0.1) is 11.3 Å². The van der Waals surface area contributed by atoms with Crippen LogP contribution in [0.25, 0.3) is 11.3 Å². The second kappa shape index (κ2) is 9.26. The van der Waals surface area contributed by atoms with Crippen LogP contribution in [-0.2, 0) is 9.53 Å². The molecule has 0 aliphatic carbocycles. The first-order chi connectivity index (χ1) is 14.2. The van der Waals surface area contributed by atoms with Gasteiger partial charge in [0, 0.05) is 55.3 Å². The molecule has 1 atom stereocenters. The lowest BCUT2D eigenvalue weighted by Crippen LogP contribution is -2.43. The molecule has 1 aromatic carbocycles. The monoisotopic (exact) mass is 413 g/mol. The van der Waals surface area contributed by atoms with Crippen molar-refractivity contribution in [1.82, 2.24) is 9.88 Å². The highest BCUT2D eigenvalue weighted by Gasteiger charge is 2.31. The first kappa shape index (κ1) is 20.4. The molecule has 2 aliphatic heterocycles. The fraction of sp³-hybridized carbons (Fsp3) is 0.565. The Morgan fingerprint density at radius 3 is 2.52 bits per heavy atom. The van der Waals surface area contributed by atoms with Crippen molar-refractivity contribution in [3.8, 4) is 11.3 Å². The van der Waals surface area contributed by atoms with E-state index in [1.54, 1.807) is 11.3 Å². The summed E-state index contributed by atoms with van der Waals surface area (Å²) in [6.07, 6.45) is 3.67. The fourth-order valence-electron chi connectivity index (χ4n) is 4.36. The van der Waals surface area contributed by atoms with Crippen molar-refractivity contribution in [2.24, 2.45) is 0 Å². The van der Waals surface area contributed by atoms with Gasteiger partial charge in [0.2, 0.25) is 0 Å². The molecule has 3 heterocycles. The summed E-state index contributed by atoms with van der Waals surface area (Å²) >= 11 is 1.76. The third kappa shape index (κ3) is 4.48. The number of anilines is 1. The van der Waals surface area contributed by atoms with Crippen molar-refractivity contribution in [3.05, 3.63) is 34.7 Å². The Balaban J connectivity index is 1.36. The molecule has 6 heteroatoms. The van der Waals surface area contributed by atoms with Gasteiger partial charge in [0.25, 0.3) is 5.91 Å². The number of rotatable bonds is 6. The Hall–Kier alpha value is -1.92. The Labute approximate surface area is 177 Å². The van der Waals surface area contributed by atoms with Crippen molar-refractivity contribution in [1.29, 1.82) is 0 Å². The van der Waals surface area contributed by atoms with Crippen LogP contribution in [-0.4, -0.2) is 54.7 Å². The highest BCUT2D eigenvalue weighted by molar-refractivity contribution is 7.10. The van der Waals surface area contributed by atoms with Crippen molar-refractivity contribution >= 4 is 22.9 Å². The maximum Gasteiger partial charge on any atom is 0.251 e. The number of benzene rings is 1. The molecule has 1 unspecified atom stereocenters. The minimum Gasteiger partial charge on any atom is -0.372 e. The first-order valence-corrected chi connectivity index (χ1v) is 11.8. The quantitative estimate of drug-likeness (QED) is 0.697. The summed E-state index contributed by atoms with van der Waals surface area (Å²) in [6.45, 7) is 8.77. The average molecular weight is 414 g/mol. The van der Waals surface area contributed by atoms with Crippen molar-refractivity contribution in [2.45, 2.75) is 51.6 Å². The predicted octanol–water partition coefficient (Wildman–Crippen LogP) is 4.54. The van der Waals surface area contributed by atoms with E-state index in [4.69, 9.17) is 9.72 Å². The average Bonchev–Trinajstić information content (AvgIpc) is 3.47. The summed E-state index contributed by atoms with van der Waals surface area (Å²) in [5.41, 5.74) is 3.50. The summed E-state index contributed by atoms with van der Waals surface area (Å²) in [7, 11) is 0. The van der Waals surface area contributed by atoms with E-state index in [1.165, 1.54) is 16.3 Å². The van der Waals surface area contributed by atoms with E-state index in [-0.39, 0.29) is 12.0 Å². The summed E-state index contributed by atoms with van der Waals surface area (Å²) < 4.78 is 5.56. The zero-order chi connectivity index (χ0) is 20.2. The number of likely N-dealkylation sites (tertiary alicyclic amines) is 1. The Kier molecular flexibility index (Phi) is 6.50. The molecule has 0 bridgehead atoms. The third-order valence-electron chi connectivity index (χ3n) is 6.17. The van der Waals surface area contributed by atoms with Gasteiger partial charge >= 0.3 is 0 Å². The van der Waals surface area contributed by atoms with Gasteiger partial charge in [-0.05, 0) is 51.7 Å². The van der Waals surface area contributed by atoms with E-state index in [0.717, 1.165) is 64.2 Å². The van der Waals surface area contributed by atoms with Crippen molar-refractivity contribution < 1.29 is 9.53 Å². The fourth-order valence-corrected chi connectivity index (χ4v) is 5.36. The number of carbonyl (C=O) groups excluding carboxylic acids is 1. The molecular formula is C23H31N3O2S. The van der Waals surface area contributed by atoms with Crippen molar-refractivity contribution in [2.75, 3.05) is 37.7 Å². The summed E-state index contributed by atoms with van der Waals surface area (Å²) in [4.78, 5) is 21.8. The van der Waals surface area contributed by atoms with Crippen LogP contribution in [0, 0.1) is 0 Å². The van der Waals surface area contributed by atoms with Gasteiger partial charge in [-0.3, -0.25) is 4.79 Å². The van der Waals surface area contributed by atoms with E-state index in [9.17, 15) is 4.79 Å². The molecule has 2 aromatic rings. The molecule has 0 spiro atoms. The number of hydrogen-bond acceptors (Lipinski definition) is 5. The Morgan fingerprint density at radius 2 is 1.90 bits per heavy atom.